The number of thiophene rings is 1. The van der Waals surface area contributed by atoms with Crippen LogP contribution in [-0.2, 0) is 12.8 Å². The van der Waals surface area contributed by atoms with Crippen LogP contribution in [0.5, 0.6) is 5.75 Å². The van der Waals surface area contributed by atoms with E-state index in [1.54, 1.807) is 17.4 Å². The van der Waals surface area contributed by atoms with Gasteiger partial charge in [-0.2, -0.15) is 0 Å². The Morgan fingerprint density at radius 1 is 1.29 bits per heavy atom. The molecule has 2 atom stereocenters. The van der Waals surface area contributed by atoms with Crippen LogP contribution in [0.15, 0.2) is 12.1 Å². The highest BCUT2D eigenvalue weighted by molar-refractivity contribution is 7.16. The summed E-state index contributed by atoms with van der Waals surface area (Å²) >= 11 is 13.8. The summed E-state index contributed by atoms with van der Waals surface area (Å²) in [7, 11) is 0. The number of phenols is 1. The monoisotopic (exact) mass is 438 g/mol. The molecule has 0 saturated carbocycles. The standard InChI is InChI=1S/C21H24Cl2N2O2S/c1-4-21(2,3)10-5-6-12-15(7-10)28-20-16(12)19(27)24-18(25-20)13-8-11(22)9-14(23)17(13)26/h8-10,18,25-26H,4-7H2,1-3H3,(H,24,27). The number of hydrogen-bond donors (Lipinski definition) is 3. The fourth-order valence-corrected chi connectivity index (χ4v) is 6.08. The fraction of sp³-hybridized carbons (Fsp3) is 0.476. The third-order valence-electron chi connectivity index (χ3n) is 6.43. The summed E-state index contributed by atoms with van der Waals surface area (Å²) < 4.78 is 0. The molecule has 0 bridgehead atoms. The number of nitrogens with one attached hydrogen (secondary N) is 2. The number of halogens is 2. The van der Waals surface area contributed by atoms with Gasteiger partial charge in [0, 0.05) is 15.5 Å². The van der Waals surface area contributed by atoms with Crippen LogP contribution in [0.3, 0.4) is 0 Å². The number of anilines is 1. The molecule has 3 N–H and O–H groups in total. The van der Waals surface area contributed by atoms with Crippen molar-refractivity contribution in [3.05, 3.63) is 43.7 Å². The van der Waals surface area contributed by atoms with Crippen molar-refractivity contribution in [2.45, 2.75) is 52.6 Å². The number of fused-ring (bicyclic) bond motifs is 3. The molecular weight excluding hydrogens is 415 g/mol. The van der Waals surface area contributed by atoms with E-state index in [-0.39, 0.29) is 16.7 Å². The molecule has 0 fully saturated rings. The number of rotatable bonds is 3. The molecule has 0 spiro atoms. The predicted molar refractivity (Wildman–Crippen MR) is 116 cm³/mol. The summed E-state index contributed by atoms with van der Waals surface area (Å²) in [6.45, 7) is 6.92. The Hall–Kier alpha value is -1.43. The minimum absolute atomic E-state index is 0.0709. The first-order valence-electron chi connectivity index (χ1n) is 9.61. The van der Waals surface area contributed by atoms with E-state index in [4.69, 9.17) is 23.2 Å². The van der Waals surface area contributed by atoms with Gasteiger partial charge in [0.05, 0.1) is 10.6 Å². The Labute approximate surface area is 179 Å². The highest BCUT2D eigenvalue weighted by Gasteiger charge is 2.37. The molecule has 4 rings (SSSR count). The van der Waals surface area contributed by atoms with E-state index in [2.05, 4.69) is 31.4 Å². The lowest BCUT2D eigenvalue weighted by molar-refractivity contribution is 0.0934. The Balaban J connectivity index is 1.67. The molecule has 2 aliphatic rings. The lowest BCUT2D eigenvalue weighted by atomic mass is 9.69. The zero-order valence-corrected chi connectivity index (χ0v) is 18.5. The SMILES string of the molecule is CCC(C)(C)C1CCc2c(sc3c2C(=O)NC(c2cc(Cl)cc(Cl)c2O)N3)C1. The number of phenolic OH excluding ortho intramolecular Hbond substituents is 1. The molecule has 1 aromatic heterocycles. The van der Waals surface area contributed by atoms with E-state index in [1.165, 1.54) is 16.5 Å². The van der Waals surface area contributed by atoms with Gasteiger partial charge in [-0.25, -0.2) is 0 Å². The van der Waals surface area contributed by atoms with E-state index >= 15 is 0 Å². The molecule has 2 unspecified atom stereocenters. The summed E-state index contributed by atoms with van der Waals surface area (Å²) in [4.78, 5) is 14.2. The Morgan fingerprint density at radius 3 is 2.75 bits per heavy atom. The summed E-state index contributed by atoms with van der Waals surface area (Å²) in [5.41, 5.74) is 2.70. The van der Waals surface area contributed by atoms with Crippen LogP contribution in [0, 0.1) is 11.3 Å². The number of carbonyl (C=O) groups excluding carboxylic acids is 1. The quantitative estimate of drug-likeness (QED) is 0.537. The lowest BCUT2D eigenvalue weighted by Gasteiger charge is -2.36. The molecule has 1 aliphatic heterocycles. The smallest absolute Gasteiger partial charge is 0.256 e. The second-order valence-electron chi connectivity index (χ2n) is 8.37. The number of aromatic hydroxyl groups is 1. The minimum atomic E-state index is -0.570. The normalized spacial score (nSPS) is 21.5. The van der Waals surface area contributed by atoms with Crippen LogP contribution in [0.4, 0.5) is 5.00 Å². The van der Waals surface area contributed by atoms with Crippen LogP contribution in [0.25, 0.3) is 0 Å². The average Bonchev–Trinajstić information content (AvgIpc) is 3.02. The fourth-order valence-electron chi connectivity index (χ4n) is 4.22. The maximum atomic E-state index is 12.9. The van der Waals surface area contributed by atoms with Crippen LogP contribution < -0.4 is 10.6 Å². The van der Waals surface area contributed by atoms with Gasteiger partial charge in [0.25, 0.3) is 5.91 Å². The maximum absolute atomic E-state index is 12.9. The summed E-state index contributed by atoms with van der Waals surface area (Å²) in [5, 5.41) is 18.1. The van der Waals surface area contributed by atoms with Gasteiger partial charge in [0.2, 0.25) is 0 Å². The molecule has 1 amide bonds. The topological polar surface area (TPSA) is 61.4 Å². The molecule has 28 heavy (non-hydrogen) atoms. The van der Waals surface area contributed by atoms with Crippen molar-refractivity contribution in [1.29, 1.82) is 0 Å². The van der Waals surface area contributed by atoms with Crippen molar-refractivity contribution in [1.82, 2.24) is 5.32 Å². The van der Waals surface area contributed by atoms with Crippen molar-refractivity contribution in [2.75, 3.05) is 5.32 Å². The van der Waals surface area contributed by atoms with E-state index < -0.39 is 6.17 Å². The second kappa shape index (κ2) is 7.12. The van der Waals surface area contributed by atoms with Crippen LogP contribution in [0.1, 0.15) is 66.1 Å². The van der Waals surface area contributed by atoms with Crippen LogP contribution >= 0.6 is 34.5 Å². The lowest BCUT2D eigenvalue weighted by Crippen LogP contribution is -2.38. The van der Waals surface area contributed by atoms with Gasteiger partial charge in [-0.15, -0.1) is 11.3 Å². The van der Waals surface area contributed by atoms with Crippen LogP contribution in [0.2, 0.25) is 10.0 Å². The van der Waals surface area contributed by atoms with Crippen molar-refractivity contribution < 1.29 is 9.90 Å². The number of amides is 1. The zero-order valence-electron chi connectivity index (χ0n) is 16.2. The molecule has 2 aromatic rings. The summed E-state index contributed by atoms with van der Waals surface area (Å²) in [6, 6.07) is 3.11. The van der Waals surface area contributed by atoms with Crippen molar-refractivity contribution in [3.8, 4) is 5.75 Å². The predicted octanol–water partition coefficient (Wildman–Crippen LogP) is 6.16. The molecule has 4 nitrogen and oxygen atoms in total. The first-order valence-corrected chi connectivity index (χ1v) is 11.2. The Kier molecular flexibility index (Phi) is 5.05. The molecule has 2 heterocycles. The molecular formula is C21H24Cl2N2O2S. The molecule has 7 heteroatoms. The molecule has 1 aromatic carbocycles. The van der Waals surface area contributed by atoms with Gasteiger partial charge in [-0.05, 0) is 48.3 Å². The maximum Gasteiger partial charge on any atom is 0.256 e. The van der Waals surface area contributed by atoms with Crippen molar-refractivity contribution in [3.63, 3.8) is 0 Å². The largest absolute Gasteiger partial charge is 0.506 e. The van der Waals surface area contributed by atoms with Crippen molar-refractivity contribution >= 4 is 45.4 Å². The highest BCUT2D eigenvalue weighted by Crippen LogP contribution is 2.47. The summed E-state index contributed by atoms with van der Waals surface area (Å²) in [5.74, 6) is 0.443. The van der Waals surface area contributed by atoms with Gasteiger partial charge < -0.3 is 15.7 Å². The molecule has 1 aliphatic carbocycles. The van der Waals surface area contributed by atoms with E-state index in [0.717, 1.165) is 36.2 Å². The Bertz CT molecular complexity index is 954. The van der Waals surface area contributed by atoms with Gasteiger partial charge in [-0.1, -0.05) is 50.4 Å². The molecule has 0 saturated heterocycles. The van der Waals surface area contributed by atoms with Crippen LogP contribution in [-0.4, -0.2) is 11.0 Å². The Morgan fingerprint density at radius 2 is 2.04 bits per heavy atom. The second-order valence-corrected chi connectivity index (χ2v) is 10.3. The third kappa shape index (κ3) is 3.27. The average molecular weight is 439 g/mol. The highest BCUT2D eigenvalue weighted by atomic mass is 35.5. The van der Waals surface area contributed by atoms with E-state index in [0.29, 0.717) is 21.9 Å². The van der Waals surface area contributed by atoms with Crippen molar-refractivity contribution in [2.24, 2.45) is 11.3 Å². The number of hydrogen-bond acceptors (Lipinski definition) is 4. The molecule has 0 radical (unpaired) electrons. The third-order valence-corrected chi connectivity index (χ3v) is 8.12. The van der Waals surface area contributed by atoms with Gasteiger partial charge in [-0.3, -0.25) is 4.79 Å². The van der Waals surface area contributed by atoms with Gasteiger partial charge in [0.15, 0.2) is 0 Å². The van der Waals surface area contributed by atoms with E-state index in [1.807, 2.05) is 0 Å². The zero-order chi connectivity index (χ0) is 20.2. The number of benzene rings is 1. The first-order chi connectivity index (χ1) is 13.2. The minimum Gasteiger partial charge on any atom is -0.506 e. The number of carbonyl (C=O) groups is 1. The summed E-state index contributed by atoms with van der Waals surface area (Å²) in [6.07, 6.45) is 3.64. The first kappa shape index (κ1) is 19.9. The van der Waals surface area contributed by atoms with E-state index in [9.17, 15) is 9.90 Å². The van der Waals surface area contributed by atoms with Gasteiger partial charge in [0.1, 0.15) is 16.9 Å². The van der Waals surface area contributed by atoms with Gasteiger partial charge >= 0.3 is 0 Å². The molecule has 150 valence electrons.